The van der Waals surface area contributed by atoms with Gasteiger partial charge < -0.3 is 5.11 Å². The third-order valence-corrected chi connectivity index (χ3v) is 4.75. The minimum absolute atomic E-state index is 0.00447. The molecule has 0 fully saturated rings. The number of carbonyl (C=O) groups is 1. The fourth-order valence-corrected chi connectivity index (χ4v) is 3.44. The van der Waals surface area contributed by atoms with Crippen LogP contribution in [0.2, 0.25) is 0 Å². The zero-order valence-electron chi connectivity index (χ0n) is 12.8. The molecule has 0 aliphatic rings. The van der Waals surface area contributed by atoms with Gasteiger partial charge in [-0.2, -0.15) is 5.10 Å². The Bertz CT molecular complexity index is 1010. The van der Waals surface area contributed by atoms with Gasteiger partial charge in [0.1, 0.15) is 0 Å². The zero-order chi connectivity index (χ0) is 16.7. The van der Waals surface area contributed by atoms with Crippen LogP contribution in [0.15, 0.2) is 54.6 Å². The van der Waals surface area contributed by atoms with E-state index in [0.717, 1.165) is 21.3 Å². The molecule has 0 aliphatic heterocycles. The first-order valence-corrected chi connectivity index (χ1v) is 8.20. The van der Waals surface area contributed by atoms with Crippen molar-refractivity contribution >= 4 is 27.5 Å². The minimum Gasteiger partial charge on any atom is -0.476 e. The second-order valence-electron chi connectivity index (χ2n) is 5.46. The third-order valence-electron chi connectivity index (χ3n) is 3.74. The summed E-state index contributed by atoms with van der Waals surface area (Å²) in [5, 5.41) is 14.2. The lowest BCUT2D eigenvalue weighted by Crippen LogP contribution is -2.01. The second-order valence-corrected chi connectivity index (χ2v) is 6.47. The van der Waals surface area contributed by atoms with Gasteiger partial charge >= 0.3 is 5.97 Å². The summed E-state index contributed by atoms with van der Waals surface area (Å²) in [7, 11) is 0. The molecule has 5 nitrogen and oxygen atoms in total. The first kappa shape index (κ1) is 14.6. The highest BCUT2D eigenvalue weighted by molar-refractivity contribution is 7.20. The van der Waals surface area contributed by atoms with Gasteiger partial charge in [-0.05, 0) is 25.1 Å². The van der Waals surface area contributed by atoms with Crippen LogP contribution >= 0.6 is 11.3 Å². The highest BCUT2D eigenvalue weighted by Crippen LogP contribution is 2.29. The van der Waals surface area contributed by atoms with Crippen molar-refractivity contribution in [3.05, 3.63) is 65.9 Å². The van der Waals surface area contributed by atoms with E-state index >= 15 is 0 Å². The largest absolute Gasteiger partial charge is 0.476 e. The van der Waals surface area contributed by atoms with E-state index in [9.17, 15) is 9.90 Å². The van der Waals surface area contributed by atoms with E-state index < -0.39 is 5.97 Å². The fraction of sp³-hybridized carbons (Fsp3) is 0.0556. The molecule has 4 aromatic rings. The van der Waals surface area contributed by atoms with Crippen molar-refractivity contribution in [2.45, 2.75) is 6.92 Å². The quantitative estimate of drug-likeness (QED) is 0.610. The lowest BCUT2D eigenvalue weighted by atomic mass is 10.1. The summed E-state index contributed by atoms with van der Waals surface area (Å²) in [6.07, 6.45) is 0. The van der Waals surface area contributed by atoms with Gasteiger partial charge in [0.05, 0.1) is 15.9 Å². The predicted octanol–water partition coefficient (Wildman–Crippen LogP) is 4.16. The van der Waals surface area contributed by atoms with Crippen LogP contribution in [0.3, 0.4) is 0 Å². The molecule has 2 aromatic carbocycles. The van der Waals surface area contributed by atoms with Crippen molar-refractivity contribution in [2.24, 2.45) is 0 Å². The standard InChI is InChI=1S/C18H13N3O2S/c1-11-6-8-12(9-7-11)15-10-14(17(22)23)20-21(15)18-19-13-4-2-3-5-16(13)24-18/h2-10H,1H3,(H,22,23). The molecule has 6 heteroatoms. The molecule has 0 atom stereocenters. The number of hydrogen-bond acceptors (Lipinski definition) is 4. The number of para-hydroxylation sites is 1. The van der Waals surface area contributed by atoms with E-state index in [4.69, 9.17) is 0 Å². The Morgan fingerprint density at radius 2 is 1.88 bits per heavy atom. The van der Waals surface area contributed by atoms with E-state index in [1.807, 2.05) is 55.5 Å². The van der Waals surface area contributed by atoms with Crippen LogP contribution in [-0.4, -0.2) is 25.8 Å². The Kier molecular flexibility index (Phi) is 3.39. The molecule has 1 N–H and O–H groups in total. The molecule has 118 valence electrons. The number of carboxylic acids is 1. The van der Waals surface area contributed by atoms with Gasteiger partial charge in [-0.3, -0.25) is 0 Å². The average molecular weight is 335 g/mol. The zero-order valence-corrected chi connectivity index (χ0v) is 13.6. The summed E-state index contributed by atoms with van der Waals surface area (Å²) in [5.41, 5.74) is 3.64. The summed E-state index contributed by atoms with van der Waals surface area (Å²) in [4.78, 5) is 15.9. The van der Waals surface area contributed by atoms with Gasteiger partial charge in [-0.1, -0.05) is 53.3 Å². The van der Waals surface area contributed by atoms with Crippen molar-refractivity contribution in [3.63, 3.8) is 0 Å². The van der Waals surface area contributed by atoms with E-state index in [1.54, 1.807) is 10.7 Å². The minimum atomic E-state index is -1.05. The molecule has 2 aromatic heterocycles. The topological polar surface area (TPSA) is 68.0 Å². The fourth-order valence-electron chi connectivity index (χ4n) is 2.51. The number of aromatic nitrogens is 3. The summed E-state index contributed by atoms with van der Waals surface area (Å²) in [5.74, 6) is -1.05. The van der Waals surface area contributed by atoms with Gasteiger partial charge in [-0.25, -0.2) is 14.5 Å². The monoisotopic (exact) mass is 335 g/mol. The number of fused-ring (bicyclic) bond motifs is 1. The molecule has 0 spiro atoms. The van der Waals surface area contributed by atoms with Crippen LogP contribution in [-0.2, 0) is 0 Å². The molecule has 0 amide bonds. The van der Waals surface area contributed by atoms with Crippen LogP contribution in [0.25, 0.3) is 26.6 Å². The molecular formula is C18H13N3O2S. The van der Waals surface area contributed by atoms with Crippen LogP contribution in [0.4, 0.5) is 0 Å². The average Bonchev–Trinajstić information content (AvgIpc) is 3.19. The molecule has 2 heterocycles. The summed E-state index contributed by atoms with van der Waals surface area (Å²) in [6.45, 7) is 2.01. The van der Waals surface area contributed by atoms with Crippen molar-refractivity contribution in [2.75, 3.05) is 0 Å². The molecule has 0 bridgehead atoms. The van der Waals surface area contributed by atoms with Crippen molar-refractivity contribution in [1.82, 2.24) is 14.8 Å². The van der Waals surface area contributed by atoms with Crippen LogP contribution < -0.4 is 0 Å². The van der Waals surface area contributed by atoms with Crippen LogP contribution in [0.1, 0.15) is 16.1 Å². The maximum absolute atomic E-state index is 11.4. The first-order valence-electron chi connectivity index (χ1n) is 7.38. The molecule has 4 rings (SSSR count). The highest BCUT2D eigenvalue weighted by atomic mass is 32.1. The Balaban J connectivity index is 1.93. The Hall–Kier alpha value is -2.99. The molecular weight excluding hydrogens is 322 g/mol. The molecule has 0 saturated carbocycles. The number of aromatic carboxylic acids is 1. The van der Waals surface area contributed by atoms with Crippen molar-refractivity contribution in [1.29, 1.82) is 0 Å². The summed E-state index contributed by atoms with van der Waals surface area (Å²) in [6, 6.07) is 17.3. The number of rotatable bonds is 3. The maximum atomic E-state index is 11.4. The van der Waals surface area contributed by atoms with E-state index in [0.29, 0.717) is 10.8 Å². The van der Waals surface area contributed by atoms with Gasteiger partial charge in [0, 0.05) is 5.56 Å². The number of nitrogens with zero attached hydrogens (tertiary/aromatic N) is 3. The highest BCUT2D eigenvalue weighted by Gasteiger charge is 2.18. The Labute approximate surface area is 141 Å². The molecule has 0 unspecified atom stereocenters. The number of hydrogen-bond donors (Lipinski definition) is 1. The molecule has 0 saturated heterocycles. The maximum Gasteiger partial charge on any atom is 0.356 e. The smallest absolute Gasteiger partial charge is 0.356 e. The van der Waals surface area contributed by atoms with E-state index in [2.05, 4.69) is 10.1 Å². The summed E-state index contributed by atoms with van der Waals surface area (Å²) < 4.78 is 2.65. The predicted molar refractivity (Wildman–Crippen MR) is 93.9 cm³/mol. The van der Waals surface area contributed by atoms with Gasteiger partial charge in [-0.15, -0.1) is 0 Å². The van der Waals surface area contributed by atoms with Crippen molar-refractivity contribution in [3.8, 4) is 16.4 Å². The number of carboxylic acid groups (broad SMARTS) is 1. The SMILES string of the molecule is Cc1ccc(-c2cc(C(=O)O)nn2-c2nc3ccccc3s2)cc1. The van der Waals surface area contributed by atoms with E-state index in [1.165, 1.54) is 11.3 Å². The lowest BCUT2D eigenvalue weighted by Gasteiger charge is -2.04. The van der Waals surface area contributed by atoms with Gasteiger partial charge in [0.25, 0.3) is 0 Å². The summed E-state index contributed by atoms with van der Waals surface area (Å²) >= 11 is 1.48. The molecule has 24 heavy (non-hydrogen) atoms. The van der Waals surface area contributed by atoms with Gasteiger partial charge in [0.2, 0.25) is 5.13 Å². The normalized spacial score (nSPS) is 11.0. The number of benzene rings is 2. The number of aryl methyl sites for hydroxylation is 1. The Morgan fingerprint density at radius 1 is 1.12 bits per heavy atom. The number of thiazole rings is 1. The van der Waals surface area contributed by atoms with Crippen LogP contribution in [0, 0.1) is 6.92 Å². The Morgan fingerprint density at radius 3 is 2.58 bits per heavy atom. The first-order chi connectivity index (χ1) is 11.6. The molecule has 0 aliphatic carbocycles. The lowest BCUT2D eigenvalue weighted by molar-refractivity contribution is 0.0690. The second kappa shape index (κ2) is 5.58. The van der Waals surface area contributed by atoms with Gasteiger partial charge in [0.15, 0.2) is 5.69 Å². The molecule has 0 radical (unpaired) electrons. The van der Waals surface area contributed by atoms with Crippen LogP contribution in [0.5, 0.6) is 0 Å². The van der Waals surface area contributed by atoms with E-state index in [-0.39, 0.29) is 5.69 Å². The van der Waals surface area contributed by atoms with Crippen molar-refractivity contribution < 1.29 is 9.90 Å². The third kappa shape index (κ3) is 2.47.